The summed E-state index contributed by atoms with van der Waals surface area (Å²) in [5, 5.41) is 9.74. The van der Waals surface area contributed by atoms with Crippen molar-refractivity contribution in [2.75, 3.05) is 18.4 Å². The van der Waals surface area contributed by atoms with Crippen molar-refractivity contribution in [1.82, 2.24) is 20.4 Å². The summed E-state index contributed by atoms with van der Waals surface area (Å²) in [5.74, 6) is 1.06. The molecule has 0 radical (unpaired) electrons. The Hall–Kier alpha value is -2.44. The fourth-order valence-electron chi connectivity index (χ4n) is 1.80. The first-order valence-corrected chi connectivity index (χ1v) is 6.45. The molecule has 7 heteroatoms. The van der Waals surface area contributed by atoms with Gasteiger partial charge in [0.25, 0.3) is 5.91 Å². The highest BCUT2D eigenvalue weighted by molar-refractivity contribution is 5.96. The number of carbonyl (C=O) groups excluding carboxylic acids is 1. The van der Waals surface area contributed by atoms with E-state index in [1.165, 1.54) is 0 Å². The number of hydrogen-bond donors (Lipinski definition) is 2. The van der Waals surface area contributed by atoms with Gasteiger partial charge < -0.3 is 15.2 Å². The van der Waals surface area contributed by atoms with E-state index < -0.39 is 0 Å². The van der Waals surface area contributed by atoms with Gasteiger partial charge in [-0.05, 0) is 13.3 Å². The SMILES string of the molecule is CCc1noc(C)c1C(=O)NCCNc1cnccn1. The predicted octanol–water partition coefficient (Wildman–Crippen LogP) is 1.18. The molecule has 2 aromatic heterocycles. The number of rotatable bonds is 6. The first-order chi connectivity index (χ1) is 9.72. The van der Waals surface area contributed by atoms with Crippen LogP contribution in [0.4, 0.5) is 5.82 Å². The number of carbonyl (C=O) groups is 1. The number of nitrogens with one attached hydrogen (secondary N) is 2. The Morgan fingerprint density at radius 2 is 2.20 bits per heavy atom. The van der Waals surface area contributed by atoms with Gasteiger partial charge in [0.05, 0.1) is 11.9 Å². The van der Waals surface area contributed by atoms with Gasteiger partial charge in [0.15, 0.2) is 0 Å². The van der Waals surface area contributed by atoms with E-state index >= 15 is 0 Å². The third kappa shape index (κ3) is 3.31. The zero-order valence-electron chi connectivity index (χ0n) is 11.5. The molecule has 106 valence electrons. The zero-order valence-corrected chi connectivity index (χ0v) is 11.5. The van der Waals surface area contributed by atoms with Gasteiger partial charge in [-0.3, -0.25) is 9.78 Å². The molecule has 0 atom stereocenters. The van der Waals surface area contributed by atoms with Gasteiger partial charge in [-0.1, -0.05) is 12.1 Å². The molecule has 0 aliphatic heterocycles. The van der Waals surface area contributed by atoms with Crippen LogP contribution in [0.5, 0.6) is 0 Å². The molecule has 0 aliphatic rings. The highest BCUT2D eigenvalue weighted by Gasteiger charge is 2.18. The molecule has 0 spiro atoms. The largest absolute Gasteiger partial charge is 0.367 e. The van der Waals surface area contributed by atoms with Crippen molar-refractivity contribution in [3.63, 3.8) is 0 Å². The molecule has 0 aliphatic carbocycles. The van der Waals surface area contributed by atoms with Crippen molar-refractivity contribution in [1.29, 1.82) is 0 Å². The van der Waals surface area contributed by atoms with Crippen LogP contribution in [-0.2, 0) is 6.42 Å². The van der Waals surface area contributed by atoms with Crippen LogP contribution in [0.2, 0.25) is 0 Å². The molecule has 2 rings (SSSR count). The second kappa shape index (κ2) is 6.65. The van der Waals surface area contributed by atoms with Crippen LogP contribution in [0.3, 0.4) is 0 Å². The normalized spacial score (nSPS) is 10.3. The summed E-state index contributed by atoms with van der Waals surface area (Å²) in [6, 6.07) is 0. The second-order valence-electron chi connectivity index (χ2n) is 4.19. The van der Waals surface area contributed by atoms with Crippen molar-refractivity contribution < 1.29 is 9.32 Å². The minimum absolute atomic E-state index is 0.165. The number of aryl methyl sites for hydroxylation is 2. The van der Waals surface area contributed by atoms with Crippen LogP contribution in [0.1, 0.15) is 28.7 Å². The monoisotopic (exact) mass is 275 g/mol. The lowest BCUT2D eigenvalue weighted by atomic mass is 10.1. The average Bonchev–Trinajstić information content (AvgIpc) is 2.85. The summed E-state index contributed by atoms with van der Waals surface area (Å²) in [6.07, 6.45) is 5.50. The summed E-state index contributed by atoms with van der Waals surface area (Å²) in [7, 11) is 0. The minimum atomic E-state index is -0.165. The molecule has 2 heterocycles. The van der Waals surface area contributed by atoms with Crippen molar-refractivity contribution in [3.8, 4) is 0 Å². The lowest BCUT2D eigenvalue weighted by molar-refractivity contribution is 0.0953. The Labute approximate surface area is 116 Å². The summed E-state index contributed by atoms with van der Waals surface area (Å²) < 4.78 is 5.04. The van der Waals surface area contributed by atoms with E-state index in [0.717, 1.165) is 0 Å². The van der Waals surface area contributed by atoms with E-state index in [1.807, 2.05) is 6.92 Å². The molecule has 0 saturated heterocycles. The third-order valence-electron chi connectivity index (χ3n) is 2.78. The molecular formula is C13H17N5O2. The maximum atomic E-state index is 12.1. The number of amides is 1. The topological polar surface area (TPSA) is 92.9 Å². The van der Waals surface area contributed by atoms with Gasteiger partial charge in [0.1, 0.15) is 17.1 Å². The van der Waals surface area contributed by atoms with Crippen molar-refractivity contribution in [2.24, 2.45) is 0 Å². The van der Waals surface area contributed by atoms with Gasteiger partial charge >= 0.3 is 0 Å². The van der Waals surface area contributed by atoms with Crippen LogP contribution in [0.15, 0.2) is 23.1 Å². The molecule has 1 amide bonds. The Morgan fingerprint density at radius 3 is 2.90 bits per heavy atom. The van der Waals surface area contributed by atoms with Crippen LogP contribution < -0.4 is 10.6 Å². The van der Waals surface area contributed by atoms with Crippen molar-refractivity contribution in [2.45, 2.75) is 20.3 Å². The molecular weight excluding hydrogens is 258 g/mol. The van der Waals surface area contributed by atoms with Crippen LogP contribution in [0.25, 0.3) is 0 Å². The second-order valence-corrected chi connectivity index (χ2v) is 4.19. The quantitative estimate of drug-likeness (QED) is 0.769. The summed E-state index contributed by atoms with van der Waals surface area (Å²) in [6.45, 7) is 4.71. The minimum Gasteiger partial charge on any atom is -0.367 e. The lowest BCUT2D eigenvalue weighted by Gasteiger charge is -2.06. The molecule has 0 bridgehead atoms. The Kier molecular flexibility index (Phi) is 4.65. The van der Waals surface area contributed by atoms with E-state index in [-0.39, 0.29) is 5.91 Å². The number of nitrogens with zero attached hydrogens (tertiary/aromatic N) is 3. The molecule has 0 aromatic carbocycles. The third-order valence-corrected chi connectivity index (χ3v) is 2.78. The Morgan fingerprint density at radius 1 is 1.35 bits per heavy atom. The van der Waals surface area contributed by atoms with Crippen LogP contribution in [-0.4, -0.2) is 34.1 Å². The molecule has 2 N–H and O–H groups in total. The molecule has 20 heavy (non-hydrogen) atoms. The van der Waals surface area contributed by atoms with Crippen molar-refractivity contribution >= 4 is 11.7 Å². The highest BCUT2D eigenvalue weighted by atomic mass is 16.5. The summed E-state index contributed by atoms with van der Waals surface area (Å²) >= 11 is 0. The highest BCUT2D eigenvalue weighted by Crippen LogP contribution is 2.13. The zero-order chi connectivity index (χ0) is 14.4. The first kappa shape index (κ1) is 14.0. The van der Waals surface area contributed by atoms with Crippen LogP contribution >= 0.6 is 0 Å². The van der Waals surface area contributed by atoms with E-state index in [1.54, 1.807) is 25.5 Å². The van der Waals surface area contributed by atoms with Gasteiger partial charge in [0.2, 0.25) is 0 Å². The number of hydrogen-bond acceptors (Lipinski definition) is 6. The maximum Gasteiger partial charge on any atom is 0.256 e. The first-order valence-electron chi connectivity index (χ1n) is 6.45. The fraction of sp³-hybridized carbons (Fsp3) is 0.385. The maximum absolute atomic E-state index is 12.1. The summed E-state index contributed by atoms with van der Waals surface area (Å²) in [4.78, 5) is 20.1. The van der Waals surface area contributed by atoms with Crippen molar-refractivity contribution in [3.05, 3.63) is 35.6 Å². The van der Waals surface area contributed by atoms with E-state index in [9.17, 15) is 4.79 Å². The van der Waals surface area contributed by atoms with Gasteiger partial charge in [-0.25, -0.2) is 4.98 Å². The smallest absolute Gasteiger partial charge is 0.256 e. The summed E-state index contributed by atoms with van der Waals surface area (Å²) in [5.41, 5.74) is 1.22. The molecule has 0 unspecified atom stereocenters. The predicted molar refractivity (Wildman–Crippen MR) is 73.5 cm³/mol. The Balaban J connectivity index is 1.82. The van der Waals surface area contributed by atoms with Crippen LogP contribution in [0, 0.1) is 6.92 Å². The molecule has 2 aromatic rings. The molecule has 0 saturated carbocycles. The van der Waals surface area contributed by atoms with Gasteiger partial charge in [-0.15, -0.1) is 0 Å². The molecule has 7 nitrogen and oxygen atoms in total. The number of anilines is 1. The Bertz CT molecular complexity index is 567. The lowest BCUT2D eigenvalue weighted by Crippen LogP contribution is -2.29. The average molecular weight is 275 g/mol. The van der Waals surface area contributed by atoms with E-state index in [0.29, 0.717) is 42.3 Å². The fourth-order valence-corrected chi connectivity index (χ4v) is 1.80. The van der Waals surface area contributed by atoms with E-state index in [2.05, 4.69) is 25.8 Å². The standard InChI is InChI=1S/C13H17N5O2/c1-3-10-12(9(2)20-18-10)13(19)17-7-6-16-11-8-14-4-5-15-11/h4-5,8H,3,6-7H2,1-2H3,(H,15,16)(H,17,19). The van der Waals surface area contributed by atoms with Gasteiger partial charge in [0, 0.05) is 25.5 Å². The van der Waals surface area contributed by atoms with Gasteiger partial charge in [-0.2, -0.15) is 0 Å². The number of aromatic nitrogens is 3. The van der Waals surface area contributed by atoms with E-state index in [4.69, 9.17) is 4.52 Å². The molecule has 0 fully saturated rings.